The number of hydrogen-bond donors (Lipinski definition) is 1. The minimum atomic E-state index is -11.2. The Morgan fingerprint density at radius 1 is 1.00 bits per heavy atom. The molecule has 0 aliphatic carbocycles. The third-order valence-corrected chi connectivity index (χ3v) is 1.45. The molecule has 17 heavy (non-hydrogen) atoms. The van der Waals surface area contributed by atoms with Crippen LogP contribution < -0.4 is 10.5 Å². The average molecular weight is 374 g/mol. The second kappa shape index (κ2) is 4.57. The van der Waals surface area contributed by atoms with Crippen LogP contribution in [0.4, 0.5) is 16.9 Å². The normalized spacial score (nSPS) is 15.1. The predicted octanol–water partition coefficient (Wildman–Crippen LogP) is 2.58. The van der Waals surface area contributed by atoms with Crippen molar-refractivity contribution in [1.29, 1.82) is 0 Å². The van der Waals surface area contributed by atoms with E-state index < -0.39 is 19.5 Å². The zero-order valence-corrected chi connectivity index (χ0v) is 11.4. The molecule has 3 N–H and O–H groups in total. The molecule has 0 aromatic heterocycles. The molecule has 1 aromatic rings. The van der Waals surface area contributed by atoms with Gasteiger partial charge in [0.15, 0.2) is 0 Å². The van der Waals surface area contributed by atoms with Crippen molar-refractivity contribution in [3.8, 4) is 5.75 Å². The first kappa shape index (κ1) is 16.4. The standard InChI is InChI=1S/C8H11NO.6FH.Sb/c1-10-8-4-2-7(6-9)3-5-8;;;;;;;/h2-5H,6,9H2,1H3;6*1H;/q;;;;;;;+5/p-5. The molecule has 0 saturated carbocycles. The van der Waals surface area contributed by atoms with Gasteiger partial charge in [-0.25, -0.2) is 0 Å². The topological polar surface area (TPSA) is 36.9 Å². The molecule has 0 spiro atoms. The monoisotopic (exact) mass is 373 g/mol. The molecule has 0 amide bonds. The van der Waals surface area contributed by atoms with Crippen LogP contribution in [-0.2, 0) is 6.54 Å². The summed E-state index contributed by atoms with van der Waals surface area (Å²) in [5, 5.41) is 0. The van der Waals surface area contributed by atoms with E-state index >= 15 is 0 Å². The maximum atomic E-state index is 9.93. The number of benzene rings is 1. The van der Waals surface area contributed by atoms with Crippen LogP contribution in [0, 0.1) is 0 Å². The predicted molar refractivity (Wildman–Crippen MR) is 52.0 cm³/mol. The molecule has 0 atom stereocenters. The van der Waals surface area contributed by atoms with E-state index in [0.717, 1.165) is 12.3 Å². The summed E-state index contributed by atoms with van der Waals surface area (Å²) in [5.74, 6) is 0.900. The molecule has 0 radical (unpaired) electrons. The second-order valence-corrected chi connectivity index (χ2v) is 8.53. The zero-order chi connectivity index (χ0) is 13.8. The number of halogens is 6. The van der Waals surface area contributed by atoms with Crippen LogP contribution in [0.5, 0.6) is 5.75 Å². The molecule has 102 valence electrons. The Morgan fingerprint density at radius 3 is 1.59 bits per heavy atom. The Kier molecular flexibility index (Phi) is 4.40. The first-order valence-corrected chi connectivity index (χ1v) is 10.1. The van der Waals surface area contributed by atoms with Gasteiger partial charge in [-0.1, -0.05) is 0 Å². The average Bonchev–Trinajstić information content (AvgIpc) is 2.13. The molecule has 0 unspecified atom stereocenters. The summed E-state index contributed by atoms with van der Waals surface area (Å²) in [6.45, 7) is 0.837. The van der Waals surface area contributed by atoms with Crippen LogP contribution in [0.3, 0.4) is 0 Å². The molecule has 1 rings (SSSR count). The first-order chi connectivity index (χ1) is 7.31. The summed E-state index contributed by atoms with van der Waals surface area (Å²) < 4.78 is 64.5. The SMILES string of the molecule is COc1ccc(C[NH3+])cc1.[F][Sb-]([F])([F])([F])([F])[F]. The third kappa shape index (κ3) is 15.4. The molecule has 0 aliphatic heterocycles. The van der Waals surface area contributed by atoms with Gasteiger partial charge >= 0.3 is 36.4 Å². The van der Waals surface area contributed by atoms with Crippen LogP contribution in [0.25, 0.3) is 0 Å². The van der Waals surface area contributed by atoms with Gasteiger partial charge in [-0.2, -0.15) is 0 Å². The molecular weight excluding hydrogens is 362 g/mol. The maximum absolute atomic E-state index is 11.2. The number of ether oxygens (including phenoxy) is 1. The van der Waals surface area contributed by atoms with Crippen LogP contribution in [0.1, 0.15) is 5.56 Å². The molecule has 0 aliphatic rings. The van der Waals surface area contributed by atoms with Crippen LogP contribution >= 0.6 is 0 Å². The van der Waals surface area contributed by atoms with Gasteiger partial charge in [0.2, 0.25) is 0 Å². The van der Waals surface area contributed by atoms with Crippen molar-refractivity contribution in [3.05, 3.63) is 29.8 Å². The van der Waals surface area contributed by atoms with E-state index in [9.17, 15) is 16.9 Å². The van der Waals surface area contributed by atoms with E-state index in [2.05, 4.69) is 5.73 Å². The van der Waals surface area contributed by atoms with Crippen molar-refractivity contribution < 1.29 is 27.3 Å². The summed E-state index contributed by atoms with van der Waals surface area (Å²) in [6, 6.07) is 7.93. The van der Waals surface area contributed by atoms with E-state index in [4.69, 9.17) is 4.74 Å². The number of hydrogen-bond acceptors (Lipinski definition) is 1. The van der Waals surface area contributed by atoms with Gasteiger partial charge in [0.1, 0.15) is 5.75 Å². The van der Waals surface area contributed by atoms with Crippen molar-refractivity contribution in [1.82, 2.24) is 0 Å². The fraction of sp³-hybridized carbons (Fsp3) is 0.250. The summed E-state index contributed by atoms with van der Waals surface area (Å²) in [4.78, 5) is 0. The van der Waals surface area contributed by atoms with E-state index in [1.807, 2.05) is 24.3 Å². The van der Waals surface area contributed by atoms with Crippen LogP contribution in [0.15, 0.2) is 24.3 Å². The van der Waals surface area contributed by atoms with Gasteiger partial charge in [0.05, 0.1) is 13.7 Å². The molecular formula is C8H12F6NOSb. The van der Waals surface area contributed by atoms with Gasteiger partial charge in [-0.3, -0.25) is 0 Å². The fourth-order valence-electron chi connectivity index (χ4n) is 0.792. The molecule has 0 saturated heterocycles. The number of rotatable bonds is 2. The van der Waals surface area contributed by atoms with Crippen LogP contribution in [0.2, 0.25) is 0 Å². The van der Waals surface area contributed by atoms with Gasteiger partial charge in [0, 0.05) is 5.56 Å². The first-order valence-electron chi connectivity index (χ1n) is 4.30. The van der Waals surface area contributed by atoms with Gasteiger partial charge in [-0.15, -0.1) is 0 Å². The summed E-state index contributed by atoms with van der Waals surface area (Å²) in [5.41, 5.74) is 5.01. The van der Waals surface area contributed by atoms with Gasteiger partial charge < -0.3 is 10.5 Å². The molecule has 1 aromatic carbocycles. The van der Waals surface area contributed by atoms with Crippen molar-refractivity contribution in [3.63, 3.8) is 0 Å². The number of quaternary nitrogens is 1. The van der Waals surface area contributed by atoms with E-state index in [1.165, 1.54) is 5.56 Å². The summed E-state index contributed by atoms with van der Waals surface area (Å²) in [7, 11) is 1.67. The van der Waals surface area contributed by atoms with Crippen molar-refractivity contribution in [2.24, 2.45) is 0 Å². The quantitative estimate of drug-likeness (QED) is 0.627. The van der Waals surface area contributed by atoms with Crippen LogP contribution in [-0.4, -0.2) is 26.6 Å². The third-order valence-electron chi connectivity index (χ3n) is 1.45. The Labute approximate surface area is 96.3 Å². The van der Waals surface area contributed by atoms with Gasteiger partial charge in [0.25, 0.3) is 0 Å². The molecule has 0 fully saturated rings. The zero-order valence-electron chi connectivity index (χ0n) is 8.85. The molecule has 0 bridgehead atoms. The Morgan fingerprint density at radius 2 is 1.35 bits per heavy atom. The fourth-order valence-corrected chi connectivity index (χ4v) is 0.792. The molecule has 9 heteroatoms. The Balaban J connectivity index is 0.000000325. The summed E-state index contributed by atoms with van der Waals surface area (Å²) in [6.07, 6.45) is 0. The van der Waals surface area contributed by atoms with E-state index in [1.54, 1.807) is 7.11 Å². The van der Waals surface area contributed by atoms with Crippen molar-refractivity contribution >= 4 is 19.5 Å². The Hall–Kier alpha value is -0.622. The van der Waals surface area contributed by atoms with E-state index in [-0.39, 0.29) is 0 Å². The Bertz CT molecular complexity index is 324. The van der Waals surface area contributed by atoms with E-state index in [0.29, 0.717) is 0 Å². The van der Waals surface area contributed by atoms with Crippen molar-refractivity contribution in [2.75, 3.05) is 7.11 Å². The number of methoxy groups -OCH3 is 1. The molecule has 0 heterocycles. The minimum absolute atomic E-state index is 0.837. The summed E-state index contributed by atoms with van der Waals surface area (Å²) >= 11 is -11.2. The van der Waals surface area contributed by atoms with Gasteiger partial charge in [-0.05, 0) is 24.3 Å². The second-order valence-electron chi connectivity index (χ2n) is 3.06. The van der Waals surface area contributed by atoms with Crippen molar-refractivity contribution in [2.45, 2.75) is 6.54 Å². The molecule has 2 nitrogen and oxygen atoms in total.